The van der Waals surface area contributed by atoms with Gasteiger partial charge in [0.15, 0.2) is 0 Å². The molecular formula is C15H23N3O. The zero-order valence-electron chi connectivity index (χ0n) is 11.6. The number of rotatable bonds is 5. The second-order valence-electron chi connectivity index (χ2n) is 5.13. The van der Waals surface area contributed by atoms with E-state index in [0.29, 0.717) is 0 Å². The second-order valence-corrected chi connectivity index (χ2v) is 5.13. The predicted octanol–water partition coefficient (Wildman–Crippen LogP) is 2.35. The van der Waals surface area contributed by atoms with Gasteiger partial charge in [-0.1, -0.05) is 19.4 Å². The Balaban J connectivity index is 2.00. The van der Waals surface area contributed by atoms with Crippen LogP contribution in [0.15, 0.2) is 24.3 Å². The number of nitrogens with one attached hydrogen (secondary N) is 1. The Labute approximate surface area is 115 Å². The molecule has 0 radical (unpaired) electrons. The maximum atomic E-state index is 11.9. The average Bonchev–Trinajstić information content (AvgIpc) is 2.93. The molecule has 1 amide bonds. The minimum Gasteiger partial charge on any atom is -0.371 e. The number of nitrogens with two attached hydrogens (primary N) is 1. The molecule has 2 rings (SSSR count). The molecule has 0 unspecified atom stereocenters. The summed E-state index contributed by atoms with van der Waals surface area (Å²) in [6.07, 6.45) is 4.13. The lowest BCUT2D eigenvalue weighted by atomic mass is 10.1. The number of hydrogen-bond acceptors (Lipinski definition) is 3. The van der Waals surface area contributed by atoms with Crippen LogP contribution in [0, 0.1) is 0 Å². The normalized spacial score (nSPS) is 16.4. The molecule has 1 heterocycles. The van der Waals surface area contributed by atoms with Gasteiger partial charge in [0.1, 0.15) is 0 Å². The first kappa shape index (κ1) is 13.9. The van der Waals surface area contributed by atoms with Crippen molar-refractivity contribution in [1.82, 2.24) is 0 Å². The highest BCUT2D eigenvalue weighted by Gasteiger charge is 2.15. The molecule has 1 aromatic rings. The Morgan fingerprint density at radius 2 is 2.16 bits per heavy atom. The van der Waals surface area contributed by atoms with Crippen molar-refractivity contribution in [3.8, 4) is 0 Å². The molecule has 4 nitrogen and oxygen atoms in total. The van der Waals surface area contributed by atoms with Crippen LogP contribution in [-0.2, 0) is 4.79 Å². The smallest absolute Gasteiger partial charge is 0.241 e. The van der Waals surface area contributed by atoms with Crippen molar-refractivity contribution >= 4 is 17.3 Å². The van der Waals surface area contributed by atoms with E-state index in [1.54, 1.807) is 0 Å². The highest BCUT2D eigenvalue weighted by atomic mass is 16.2. The SMILES string of the molecule is CCC[C@H](N)C(=O)Nc1cccc(N2CCCC2)c1. The lowest BCUT2D eigenvalue weighted by Gasteiger charge is -2.19. The summed E-state index contributed by atoms with van der Waals surface area (Å²) in [6, 6.07) is 7.60. The molecule has 0 bridgehead atoms. The molecule has 0 aromatic heterocycles. The van der Waals surface area contributed by atoms with E-state index in [-0.39, 0.29) is 5.91 Å². The molecule has 1 aliphatic heterocycles. The molecule has 1 atom stereocenters. The Kier molecular flexibility index (Phi) is 4.80. The highest BCUT2D eigenvalue weighted by molar-refractivity contribution is 5.95. The van der Waals surface area contributed by atoms with Gasteiger partial charge in [-0.25, -0.2) is 0 Å². The van der Waals surface area contributed by atoms with Crippen molar-refractivity contribution in [2.24, 2.45) is 5.73 Å². The van der Waals surface area contributed by atoms with Crippen LogP contribution in [0.5, 0.6) is 0 Å². The molecule has 4 heteroatoms. The number of anilines is 2. The topological polar surface area (TPSA) is 58.4 Å². The molecule has 104 valence electrons. The van der Waals surface area contributed by atoms with E-state index in [0.717, 1.165) is 31.6 Å². The monoisotopic (exact) mass is 261 g/mol. The number of benzene rings is 1. The fourth-order valence-corrected chi connectivity index (χ4v) is 2.43. The fraction of sp³-hybridized carbons (Fsp3) is 0.533. The highest BCUT2D eigenvalue weighted by Crippen LogP contribution is 2.23. The first-order chi connectivity index (χ1) is 9.20. The predicted molar refractivity (Wildman–Crippen MR) is 79.4 cm³/mol. The quantitative estimate of drug-likeness (QED) is 0.855. The minimum absolute atomic E-state index is 0.0968. The van der Waals surface area contributed by atoms with Crippen LogP contribution in [0.25, 0.3) is 0 Å². The van der Waals surface area contributed by atoms with Crippen LogP contribution in [0.3, 0.4) is 0 Å². The zero-order chi connectivity index (χ0) is 13.7. The van der Waals surface area contributed by atoms with Crippen molar-refractivity contribution in [1.29, 1.82) is 0 Å². The molecular weight excluding hydrogens is 238 g/mol. The Morgan fingerprint density at radius 3 is 2.84 bits per heavy atom. The van der Waals surface area contributed by atoms with Crippen molar-refractivity contribution in [2.45, 2.75) is 38.6 Å². The number of carbonyl (C=O) groups is 1. The van der Waals surface area contributed by atoms with E-state index < -0.39 is 6.04 Å². The lowest BCUT2D eigenvalue weighted by Crippen LogP contribution is -2.35. The van der Waals surface area contributed by atoms with Crippen LogP contribution < -0.4 is 16.0 Å². The standard InChI is InChI=1S/C15H23N3O/c1-2-6-14(16)15(19)17-12-7-5-8-13(11-12)18-9-3-4-10-18/h5,7-8,11,14H,2-4,6,9-10,16H2,1H3,(H,17,19)/t14-/m0/s1. The second kappa shape index (κ2) is 6.57. The van der Waals surface area contributed by atoms with Crippen LogP contribution in [0.2, 0.25) is 0 Å². The van der Waals surface area contributed by atoms with Gasteiger partial charge in [0, 0.05) is 24.5 Å². The van der Waals surface area contributed by atoms with Gasteiger partial charge in [-0.15, -0.1) is 0 Å². The van der Waals surface area contributed by atoms with Gasteiger partial charge < -0.3 is 16.0 Å². The molecule has 0 saturated carbocycles. The van der Waals surface area contributed by atoms with E-state index in [4.69, 9.17) is 5.73 Å². The van der Waals surface area contributed by atoms with Crippen LogP contribution in [-0.4, -0.2) is 25.0 Å². The van der Waals surface area contributed by atoms with Crippen molar-refractivity contribution in [3.05, 3.63) is 24.3 Å². The third-order valence-electron chi connectivity index (χ3n) is 3.52. The van der Waals surface area contributed by atoms with Gasteiger partial charge >= 0.3 is 0 Å². The average molecular weight is 261 g/mol. The summed E-state index contributed by atoms with van der Waals surface area (Å²) in [6.45, 7) is 4.24. The summed E-state index contributed by atoms with van der Waals surface area (Å²) in [5.41, 5.74) is 7.83. The van der Waals surface area contributed by atoms with Crippen LogP contribution in [0.1, 0.15) is 32.6 Å². The maximum Gasteiger partial charge on any atom is 0.241 e. The molecule has 1 saturated heterocycles. The van der Waals surface area contributed by atoms with Crippen LogP contribution in [0.4, 0.5) is 11.4 Å². The molecule has 1 aliphatic rings. The molecule has 1 aromatic carbocycles. The van der Waals surface area contributed by atoms with Gasteiger partial charge in [-0.05, 0) is 37.5 Å². The van der Waals surface area contributed by atoms with E-state index in [2.05, 4.69) is 16.3 Å². The lowest BCUT2D eigenvalue weighted by molar-refractivity contribution is -0.117. The van der Waals surface area contributed by atoms with E-state index in [1.165, 1.54) is 18.5 Å². The third-order valence-corrected chi connectivity index (χ3v) is 3.52. The Bertz CT molecular complexity index is 427. The maximum absolute atomic E-state index is 11.9. The van der Waals surface area contributed by atoms with Crippen molar-refractivity contribution < 1.29 is 4.79 Å². The summed E-state index contributed by atoms with van der Waals surface area (Å²) in [5, 5.41) is 2.90. The minimum atomic E-state index is -0.416. The van der Waals surface area contributed by atoms with E-state index in [1.807, 2.05) is 25.1 Å². The van der Waals surface area contributed by atoms with Gasteiger partial charge in [-0.2, -0.15) is 0 Å². The van der Waals surface area contributed by atoms with Gasteiger partial charge in [-0.3, -0.25) is 4.79 Å². The molecule has 0 aliphatic carbocycles. The largest absolute Gasteiger partial charge is 0.371 e. The molecule has 3 N–H and O–H groups in total. The van der Waals surface area contributed by atoms with Crippen molar-refractivity contribution in [2.75, 3.05) is 23.3 Å². The molecule has 0 spiro atoms. The summed E-state index contributed by atoms with van der Waals surface area (Å²) >= 11 is 0. The van der Waals surface area contributed by atoms with Crippen LogP contribution >= 0.6 is 0 Å². The number of amides is 1. The van der Waals surface area contributed by atoms with Gasteiger partial charge in [0.25, 0.3) is 0 Å². The van der Waals surface area contributed by atoms with Gasteiger partial charge in [0.2, 0.25) is 5.91 Å². The molecule has 1 fully saturated rings. The summed E-state index contributed by atoms with van der Waals surface area (Å²) in [5.74, 6) is -0.0968. The summed E-state index contributed by atoms with van der Waals surface area (Å²) in [4.78, 5) is 14.2. The van der Waals surface area contributed by atoms with Gasteiger partial charge in [0.05, 0.1) is 6.04 Å². The first-order valence-corrected chi connectivity index (χ1v) is 7.12. The van der Waals surface area contributed by atoms with Crippen molar-refractivity contribution in [3.63, 3.8) is 0 Å². The fourth-order valence-electron chi connectivity index (χ4n) is 2.43. The van der Waals surface area contributed by atoms with E-state index in [9.17, 15) is 4.79 Å². The zero-order valence-corrected chi connectivity index (χ0v) is 11.6. The molecule has 19 heavy (non-hydrogen) atoms. The first-order valence-electron chi connectivity index (χ1n) is 7.12. The Hall–Kier alpha value is -1.55. The third kappa shape index (κ3) is 3.70. The summed E-state index contributed by atoms with van der Waals surface area (Å²) in [7, 11) is 0. The summed E-state index contributed by atoms with van der Waals surface area (Å²) < 4.78 is 0. The number of hydrogen-bond donors (Lipinski definition) is 2. The Morgan fingerprint density at radius 1 is 1.42 bits per heavy atom. The van der Waals surface area contributed by atoms with E-state index >= 15 is 0 Å². The number of carbonyl (C=O) groups excluding carboxylic acids is 1. The number of nitrogens with zero attached hydrogens (tertiary/aromatic N) is 1.